The van der Waals surface area contributed by atoms with E-state index < -0.39 is 31.7 Å². The van der Waals surface area contributed by atoms with Gasteiger partial charge in [0.05, 0.1) is 33.9 Å². The summed E-state index contributed by atoms with van der Waals surface area (Å²) in [6, 6.07) is 16.3. The number of nitrogens with two attached hydrogens (primary N) is 2. The number of carbonyl (C=O) groups excluding carboxylic acids is 1. The fourth-order valence-corrected chi connectivity index (χ4v) is 7.62. The van der Waals surface area contributed by atoms with Crippen LogP contribution in [0.15, 0.2) is 94.2 Å². The molecule has 0 spiro atoms. The van der Waals surface area contributed by atoms with Crippen molar-refractivity contribution in [3.8, 4) is 12.3 Å². The van der Waals surface area contributed by atoms with Gasteiger partial charge in [-0.2, -0.15) is 0 Å². The van der Waals surface area contributed by atoms with Gasteiger partial charge in [0, 0.05) is 49.1 Å². The van der Waals surface area contributed by atoms with E-state index in [2.05, 4.69) is 50.7 Å². The first-order valence-corrected chi connectivity index (χ1v) is 23.3. The number of benzene rings is 2. The number of hydrogen-bond acceptors (Lipinski definition) is 13. The third kappa shape index (κ3) is 20.9. The van der Waals surface area contributed by atoms with Crippen molar-refractivity contribution in [1.82, 2.24) is 44.0 Å². The van der Waals surface area contributed by atoms with Crippen LogP contribution in [0.25, 0.3) is 10.4 Å². The van der Waals surface area contributed by atoms with Gasteiger partial charge in [-0.25, -0.2) is 45.6 Å². The van der Waals surface area contributed by atoms with Crippen molar-refractivity contribution in [2.24, 2.45) is 5.11 Å². The minimum absolute atomic E-state index is 0. The fraction of sp³-hybridized carbons (Fsp3) is 0.439. The Bertz CT molecular complexity index is 2440. The van der Waals surface area contributed by atoms with Crippen LogP contribution in [0.4, 0.5) is 16.7 Å². The number of ether oxygens (including phenoxy) is 1. The van der Waals surface area contributed by atoms with Crippen LogP contribution in [0.3, 0.4) is 0 Å². The number of unbranched alkanes of at least 4 members (excludes halogenated alkanes) is 5. The third-order valence-corrected chi connectivity index (χ3v) is 11.5. The summed E-state index contributed by atoms with van der Waals surface area (Å²) < 4.78 is 60.5. The van der Waals surface area contributed by atoms with E-state index in [-0.39, 0.29) is 47.8 Å². The number of anilines is 2. The molecule has 0 aliphatic carbocycles. The Morgan fingerprint density at radius 3 is 2.02 bits per heavy atom. The molecule has 20 nitrogen and oxygen atoms in total. The normalized spacial score (nSPS) is 11.1. The van der Waals surface area contributed by atoms with Gasteiger partial charge in [-0.3, -0.25) is 4.68 Å². The lowest BCUT2D eigenvalue weighted by Gasteiger charge is -2.19. The SMILES string of the molecule is C#CCCCCCc1cn(C(=O)OC(C)(C)C)c(N)n1.Cl.Nc1ncc(CCCCCc2cn(CCNS(=O)(=O)c3ccccc3)nn2)[nH]1.[N-]=[N+]=NCCNS(=O)(=O)c1ccccc1. The van der Waals surface area contributed by atoms with Gasteiger partial charge in [0.15, 0.2) is 5.95 Å². The maximum Gasteiger partial charge on any atom is 0.421 e. The highest BCUT2D eigenvalue weighted by molar-refractivity contribution is 7.89. The summed E-state index contributed by atoms with van der Waals surface area (Å²) in [7, 11) is -6.97. The number of carbonyl (C=O) groups is 1. The number of sulfonamides is 2. The van der Waals surface area contributed by atoms with E-state index in [4.69, 9.17) is 28.2 Å². The van der Waals surface area contributed by atoms with Gasteiger partial charge in [0.1, 0.15) is 5.60 Å². The number of aryl methyl sites for hydroxylation is 3. The molecule has 0 saturated carbocycles. The molecule has 0 fully saturated rings. The molecule has 64 heavy (non-hydrogen) atoms. The number of nitrogens with one attached hydrogen (secondary N) is 3. The maximum atomic E-state index is 12.2. The lowest BCUT2D eigenvalue weighted by atomic mass is 10.1. The van der Waals surface area contributed by atoms with E-state index in [1.54, 1.807) is 65.6 Å². The van der Waals surface area contributed by atoms with Crippen molar-refractivity contribution in [2.75, 3.05) is 31.1 Å². The molecule has 0 radical (unpaired) electrons. The first-order chi connectivity index (χ1) is 30.0. The van der Waals surface area contributed by atoms with E-state index in [0.717, 1.165) is 81.3 Å². The van der Waals surface area contributed by atoms with Gasteiger partial charge in [-0.15, -0.1) is 29.8 Å². The zero-order chi connectivity index (χ0) is 46.1. The van der Waals surface area contributed by atoms with Gasteiger partial charge < -0.3 is 21.2 Å². The first kappa shape index (κ1) is 54.2. The van der Waals surface area contributed by atoms with Crippen molar-refractivity contribution in [3.63, 3.8) is 0 Å². The van der Waals surface area contributed by atoms with Crippen LogP contribution in [0.1, 0.15) is 82.8 Å². The van der Waals surface area contributed by atoms with Crippen LogP contribution in [0.2, 0.25) is 0 Å². The van der Waals surface area contributed by atoms with E-state index in [1.807, 2.05) is 27.0 Å². The van der Waals surface area contributed by atoms with Crippen molar-refractivity contribution >= 4 is 50.4 Å². The minimum Gasteiger partial charge on any atom is -0.443 e. The van der Waals surface area contributed by atoms with E-state index in [9.17, 15) is 21.6 Å². The van der Waals surface area contributed by atoms with Crippen LogP contribution >= 0.6 is 12.4 Å². The second kappa shape index (κ2) is 28.0. The molecule has 0 aliphatic heterocycles. The molecule has 0 aliphatic rings. The molecule has 0 amide bonds. The number of halogens is 1. The average Bonchev–Trinajstić information content (AvgIpc) is 3.99. The summed E-state index contributed by atoms with van der Waals surface area (Å²) in [6.45, 7) is 6.32. The highest BCUT2D eigenvalue weighted by Crippen LogP contribution is 2.15. The van der Waals surface area contributed by atoms with Crippen LogP contribution < -0.4 is 20.9 Å². The Balaban J connectivity index is 0.000000345. The maximum absolute atomic E-state index is 12.2. The predicted molar refractivity (Wildman–Crippen MR) is 248 cm³/mol. The summed E-state index contributed by atoms with van der Waals surface area (Å²) >= 11 is 0. The topological polar surface area (TPSA) is 297 Å². The minimum atomic E-state index is -3.49. The predicted octanol–water partition coefficient (Wildman–Crippen LogP) is 6.20. The molecule has 348 valence electrons. The highest BCUT2D eigenvalue weighted by atomic mass is 35.5. The van der Waals surface area contributed by atoms with Gasteiger partial charge in [0.2, 0.25) is 26.0 Å². The van der Waals surface area contributed by atoms with Gasteiger partial charge in [0.25, 0.3) is 0 Å². The Hall–Kier alpha value is -5.95. The monoisotopic (exact) mass is 942 g/mol. The first-order valence-electron chi connectivity index (χ1n) is 20.3. The Morgan fingerprint density at radius 2 is 1.45 bits per heavy atom. The number of imidazole rings is 2. The number of azide groups is 1. The molecule has 5 aromatic rings. The summed E-state index contributed by atoms with van der Waals surface area (Å²) in [4.78, 5) is 26.1. The number of aromatic amines is 1. The number of aromatic nitrogens is 7. The molecular weight excluding hydrogens is 884 g/mol. The molecule has 5 rings (SSSR count). The highest BCUT2D eigenvalue weighted by Gasteiger charge is 2.20. The summed E-state index contributed by atoms with van der Waals surface area (Å²) in [5, 5.41) is 11.4. The molecular formula is C41H59ClN14O6S2. The second-order valence-corrected chi connectivity index (χ2v) is 18.4. The van der Waals surface area contributed by atoms with E-state index in [0.29, 0.717) is 12.5 Å². The molecule has 7 N–H and O–H groups in total. The Morgan fingerprint density at radius 1 is 0.875 bits per heavy atom. The van der Waals surface area contributed by atoms with Crippen molar-refractivity contribution in [2.45, 2.75) is 107 Å². The summed E-state index contributed by atoms with van der Waals surface area (Å²) in [5.41, 5.74) is 21.5. The van der Waals surface area contributed by atoms with Crippen LogP contribution in [0.5, 0.6) is 0 Å². The molecule has 2 aromatic carbocycles. The molecule has 23 heteroatoms. The standard InChI is InChI=1S/C18H25N7O2S.C15H23N3O2.C8H10N4O2S.ClH/c19-18-20-13-15(22-18)7-3-1-4-8-16-14-25(24-23-16)12-11-21-28(26,27)17-9-5-2-6-10-17;1-5-6-7-8-9-10-12-11-18(13(16)17-12)14(19)20-15(2,3)4;9-12-10-6-7-11-15(13,14)8-4-2-1-3-5-8;/h2,5-6,9-10,13-14,21H,1,3-4,7-8,11-12H2,(H3,19,20,22);1,11H,6-10H2,2-4H3,(H2,16,17);1-5,11H,6-7H2;1H. The van der Waals surface area contributed by atoms with Gasteiger partial charge >= 0.3 is 6.09 Å². The van der Waals surface area contributed by atoms with Gasteiger partial charge in [-0.1, -0.05) is 59.6 Å². The fourth-order valence-electron chi connectivity index (χ4n) is 5.53. The average molecular weight is 944 g/mol. The summed E-state index contributed by atoms with van der Waals surface area (Å²) in [5.74, 6) is 3.24. The van der Waals surface area contributed by atoms with Gasteiger partial charge in [-0.05, 0) is 95.5 Å². The van der Waals surface area contributed by atoms with Crippen LogP contribution in [-0.4, -0.2) is 82.7 Å². The molecule has 3 aromatic heterocycles. The zero-order valence-electron chi connectivity index (χ0n) is 36.3. The Kier molecular flexibility index (Phi) is 23.7. The summed E-state index contributed by atoms with van der Waals surface area (Å²) in [6.07, 6.45) is 19.5. The number of nitrogen functional groups attached to an aromatic ring is 2. The number of H-pyrrole nitrogens is 1. The number of nitrogens with zero attached hydrogens (tertiary/aromatic N) is 9. The number of terminal acetylenes is 1. The van der Waals surface area contributed by atoms with E-state index >= 15 is 0 Å². The lowest BCUT2D eigenvalue weighted by Crippen LogP contribution is -2.27. The zero-order valence-corrected chi connectivity index (χ0v) is 38.8. The molecule has 0 saturated heterocycles. The van der Waals surface area contributed by atoms with Crippen molar-refractivity contribution in [3.05, 3.63) is 107 Å². The quantitative estimate of drug-likeness (QED) is 0.0181. The second-order valence-electron chi connectivity index (χ2n) is 14.9. The molecule has 0 atom stereocenters. The smallest absolute Gasteiger partial charge is 0.421 e. The molecule has 0 unspecified atom stereocenters. The van der Waals surface area contributed by atoms with Crippen molar-refractivity contribution in [1.29, 1.82) is 0 Å². The molecule has 0 bridgehead atoms. The lowest BCUT2D eigenvalue weighted by molar-refractivity contribution is 0.0540. The number of hydrogen-bond donors (Lipinski definition) is 5. The van der Waals surface area contributed by atoms with Crippen LogP contribution in [-0.2, 0) is 50.6 Å². The van der Waals surface area contributed by atoms with Crippen LogP contribution in [0, 0.1) is 12.3 Å². The molecule has 3 heterocycles. The largest absolute Gasteiger partial charge is 0.443 e. The number of rotatable bonds is 21. The van der Waals surface area contributed by atoms with E-state index in [1.165, 1.54) is 16.7 Å². The van der Waals surface area contributed by atoms with Crippen molar-refractivity contribution < 1.29 is 26.4 Å². The Labute approximate surface area is 381 Å². The third-order valence-electron chi connectivity index (χ3n) is 8.55.